The lowest BCUT2D eigenvalue weighted by Gasteiger charge is -2.29. The number of hydrogen-bond donors (Lipinski definition) is 0. The third-order valence-corrected chi connectivity index (χ3v) is 6.38. The first-order valence-corrected chi connectivity index (χ1v) is 11.1. The van der Waals surface area contributed by atoms with Gasteiger partial charge in [0.2, 0.25) is 0 Å². The molecule has 1 aromatic heterocycles. The first-order valence-electron chi connectivity index (χ1n) is 10.7. The molecule has 4 rings (SSSR count). The van der Waals surface area contributed by atoms with Gasteiger partial charge in [0.1, 0.15) is 6.61 Å². The highest BCUT2D eigenvalue weighted by molar-refractivity contribution is 6.31. The molecule has 0 N–H and O–H groups in total. The van der Waals surface area contributed by atoms with Gasteiger partial charge in [0.25, 0.3) is 11.8 Å². The minimum absolute atomic E-state index is 0.0583. The average Bonchev–Trinajstić information content (AvgIpc) is 3.08. The van der Waals surface area contributed by atoms with E-state index in [0.29, 0.717) is 22.9 Å². The number of carbonyl (C=O) groups is 1. The van der Waals surface area contributed by atoms with Crippen LogP contribution >= 0.6 is 11.6 Å². The van der Waals surface area contributed by atoms with E-state index in [2.05, 4.69) is 5.10 Å². The molecule has 1 aliphatic heterocycles. The van der Waals surface area contributed by atoms with Crippen molar-refractivity contribution in [1.29, 1.82) is 0 Å². The predicted octanol–water partition coefficient (Wildman–Crippen LogP) is 5.40. The highest BCUT2D eigenvalue weighted by Crippen LogP contribution is 2.43. The highest BCUT2D eigenvalue weighted by atomic mass is 35.5. The zero-order chi connectivity index (χ0) is 23.1. The van der Waals surface area contributed by atoms with E-state index < -0.39 is 23.8 Å². The van der Waals surface area contributed by atoms with E-state index >= 15 is 0 Å². The molecular weight excluding hydrogens is 436 g/mol. The van der Waals surface area contributed by atoms with Crippen LogP contribution in [0.3, 0.4) is 0 Å². The Labute approximate surface area is 191 Å². The molecule has 2 aliphatic rings. The van der Waals surface area contributed by atoms with Crippen LogP contribution in [-0.2, 0) is 5.41 Å². The molecule has 5 nitrogen and oxygen atoms in total. The number of nitrogens with zero attached hydrogens (tertiary/aromatic N) is 3. The monoisotopic (exact) mass is 461 g/mol. The Hall–Kier alpha value is -2.67. The zero-order valence-corrected chi connectivity index (χ0v) is 19.1. The number of carbonyl (C=O) groups excluding carboxylic acids is 1. The number of halogens is 3. The second kappa shape index (κ2) is 8.35. The number of amides is 1. The summed E-state index contributed by atoms with van der Waals surface area (Å²) in [4.78, 5) is 14.5. The van der Waals surface area contributed by atoms with E-state index in [1.807, 2.05) is 56.3 Å². The van der Waals surface area contributed by atoms with Crippen LogP contribution in [0.15, 0.2) is 47.5 Å². The molecule has 0 radical (unpaired) electrons. The van der Waals surface area contributed by atoms with Crippen molar-refractivity contribution in [2.45, 2.75) is 45.0 Å². The number of fused-ring (bicyclic) bond motifs is 1. The van der Waals surface area contributed by atoms with E-state index in [1.165, 1.54) is 6.92 Å². The Kier molecular flexibility index (Phi) is 5.88. The normalized spacial score (nSPS) is 21.1. The molecule has 1 atom stereocenters. The lowest BCUT2D eigenvalue weighted by molar-refractivity contribution is -0.0311. The molecule has 2 heterocycles. The van der Waals surface area contributed by atoms with Gasteiger partial charge in [-0.3, -0.25) is 4.79 Å². The highest BCUT2D eigenvalue weighted by Gasteiger charge is 2.41. The van der Waals surface area contributed by atoms with Gasteiger partial charge in [0.05, 0.1) is 24.5 Å². The minimum Gasteiger partial charge on any atom is -0.487 e. The Balaban J connectivity index is 1.88. The van der Waals surface area contributed by atoms with Crippen LogP contribution in [0.2, 0.25) is 0 Å². The van der Waals surface area contributed by atoms with Crippen LogP contribution in [0.25, 0.3) is 5.69 Å². The maximum atomic E-state index is 14.1. The standard InChI is InChI=1S/C24H26ClF2N3O2/c1-4-24(26,27)15-29-13-14-32-20-19(22(29)31)28-30(18-8-6-5-7-16(18)2)21(20)23(3)11-9-17(25)10-12-23/h5-11H,4,12-15H2,1-3H3. The van der Waals surface area contributed by atoms with Gasteiger partial charge in [-0.1, -0.05) is 55.8 Å². The second-order valence-corrected chi connectivity index (χ2v) is 8.99. The van der Waals surface area contributed by atoms with Gasteiger partial charge >= 0.3 is 0 Å². The molecule has 0 bridgehead atoms. The number of ether oxygens (including phenoxy) is 1. The van der Waals surface area contributed by atoms with Crippen LogP contribution in [-0.4, -0.2) is 46.2 Å². The molecule has 1 amide bonds. The van der Waals surface area contributed by atoms with Crippen molar-refractivity contribution in [3.8, 4) is 11.4 Å². The van der Waals surface area contributed by atoms with Gasteiger partial charge in [0.15, 0.2) is 11.4 Å². The lowest BCUT2D eigenvalue weighted by atomic mass is 9.79. The fraction of sp³-hybridized carbons (Fsp3) is 0.417. The Morgan fingerprint density at radius 3 is 2.72 bits per heavy atom. The molecule has 2 aromatic rings. The summed E-state index contributed by atoms with van der Waals surface area (Å²) in [6.45, 7) is 4.92. The number of benzene rings is 1. The summed E-state index contributed by atoms with van der Waals surface area (Å²) >= 11 is 6.16. The number of rotatable bonds is 5. The van der Waals surface area contributed by atoms with E-state index in [0.717, 1.165) is 16.2 Å². The minimum atomic E-state index is -2.97. The van der Waals surface area contributed by atoms with Gasteiger partial charge in [-0.05, 0) is 31.1 Å². The molecule has 32 heavy (non-hydrogen) atoms. The zero-order valence-electron chi connectivity index (χ0n) is 18.4. The van der Waals surface area contributed by atoms with Crippen molar-refractivity contribution in [3.63, 3.8) is 0 Å². The van der Waals surface area contributed by atoms with Gasteiger partial charge in [0, 0.05) is 16.9 Å². The Morgan fingerprint density at radius 2 is 2.06 bits per heavy atom. The molecule has 0 saturated carbocycles. The predicted molar refractivity (Wildman–Crippen MR) is 120 cm³/mol. The molecule has 1 unspecified atom stereocenters. The van der Waals surface area contributed by atoms with Crippen molar-refractivity contribution < 1.29 is 18.3 Å². The maximum Gasteiger partial charge on any atom is 0.278 e. The Bertz CT molecular complexity index is 1110. The summed E-state index contributed by atoms with van der Waals surface area (Å²) in [6, 6.07) is 7.69. The van der Waals surface area contributed by atoms with Crippen LogP contribution in [0.1, 0.15) is 48.4 Å². The van der Waals surface area contributed by atoms with Gasteiger partial charge in [-0.25, -0.2) is 13.5 Å². The van der Waals surface area contributed by atoms with Crippen LogP contribution in [0, 0.1) is 6.92 Å². The SMILES string of the molecule is CCC(F)(F)CN1CCOc2c(nn(-c3ccccc3C)c2C2(C)C=CC(Cl)=CC2)C1=O. The maximum absolute atomic E-state index is 14.1. The number of aromatic nitrogens is 2. The number of aryl methyl sites for hydroxylation is 1. The van der Waals surface area contributed by atoms with Gasteiger partial charge < -0.3 is 9.64 Å². The molecule has 0 spiro atoms. The van der Waals surface area contributed by atoms with Crippen molar-refractivity contribution in [3.05, 3.63) is 64.5 Å². The number of allylic oxidation sites excluding steroid dienone is 4. The van der Waals surface area contributed by atoms with E-state index in [-0.39, 0.29) is 25.3 Å². The number of hydrogen-bond acceptors (Lipinski definition) is 3. The molecule has 170 valence electrons. The quantitative estimate of drug-likeness (QED) is 0.599. The van der Waals surface area contributed by atoms with Crippen molar-refractivity contribution in [2.24, 2.45) is 0 Å². The number of para-hydroxylation sites is 1. The molecule has 1 aliphatic carbocycles. The Morgan fingerprint density at radius 1 is 1.31 bits per heavy atom. The summed E-state index contributed by atoms with van der Waals surface area (Å²) in [5, 5.41) is 5.28. The van der Waals surface area contributed by atoms with E-state index in [1.54, 1.807) is 4.68 Å². The fourth-order valence-electron chi connectivity index (χ4n) is 4.09. The lowest BCUT2D eigenvalue weighted by Crippen LogP contribution is -2.41. The molecule has 8 heteroatoms. The molecule has 0 saturated heterocycles. The molecule has 1 aromatic carbocycles. The van der Waals surface area contributed by atoms with Crippen LogP contribution in [0.4, 0.5) is 8.78 Å². The first-order chi connectivity index (χ1) is 15.1. The van der Waals surface area contributed by atoms with E-state index in [9.17, 15) is 13.6 Å². The number of alkyl halides is 2. The topological polar surface area (TPSA) is 47.4 Å². The fourth-order valence-corrected chi connectivity index (χ4v) is 4.23. The smallest absolute Gasteiger partial charge is 0.278 e. The molecule has 0 fully saturated rings. The summed E-state index contributed by atoms with van der Waals surface area (Å²) < 4.78 is 36.0. The second-order valence-electron chi connectivity index (χ2n) is 8.55. The third-order valence-electron chi connectivity index (χ3n) is 6.09. The van der Waals surface area contributed by atoms with Crippen LogP contribution in [0.5, 0.6) is 5.75 Å². The van der Waals surface area contributed by atoms with Crippen LogP contribution < -0.4 is 4.74 Å². The van der Waals surface area contributed by atoms with Crippen molar-refractivity contribution in [1.82, 2.24) is 14.7 Å². The summed E-state index contributed by atoms with van der Waals surface area (Å²) in [7, 11) is 0. The summed E-state index contributed by atoms with van der Waals surface area (Å²) in [5.41, 5.74) is 1.97. The van der Waals surface area contributed by atoms with E-state index in [4.69, 9.17) is 16.3 Å². The average molecular weight is 462 g/mol. The summed E-state index contributed by atoms with van der Waals surface area (Å²) in [5.74, 6) is -3.17. The third kappa shape index (κ3) is 4.06. The largest absolute Gasteiger partial charge is 0.487 e. The van der Waals surface area contributed by atoms with Gasteiger partial charge in [-0.15, -0.1) is 0 Å². The summed E-state index contributed by atoms with van der Waals surface area (Å²) in [6.07, 6.45) is 5.95. The first kappa shape index (κ1) is 22.5. The van der Waals surface area contributed by atoms with Crippen molar-refractivity contribution in [2.75, 3.05) is 19.7 Å². The molecular formula is C24H26ClF2N3O2. The van der Waals surface area contributed by atoms with Crippen molar-refractivity contribution >= 4 is 17.5 Å². The van der Waals surface area contributed by atoms with Gasteiger partial charge in [-0.2, -0.15) is 5.10 Å².